The molecule has 2 aromatic rings. The zero-order valence-corrected chi connectivity index (χ0v) is 15.6. The fraction of sp³-hybridized carbons (Fsp3) is 0.722. The summed E-state index contributed by atoms with van der Waals surface area (Å²) >= 11 is 0. The minimum absolute atomic E-state index is 0.0352. The molecule has 0 bridgehead atoms. The molecule has 0 aliphatic carbocycles. The van der Waals surface area contributed by atoms with Crippen LogP contribution in [0.1, 0.15) is 63.6 Å². The molecule has 7 heteroatoms. The van der Waals surface area contributed by atoms with Gasteiger partial charge in [-0.25, -0.2) is 0 Å². The van der Waals surface area contributed by atoms with Gasteiger partial charge in [-0.15, -0.1) is 10.2 Å². The summed E-state index contributed by atoms with van der Waals surface area (Å²) in [6.45, 7) is 11.0. The molecule has 25 heavy (non-hydrogen) atoms. The highest BCUT2D eigenvalue weighted by molar-refractivity contribution is 5.11. The Bertz CT molecular complexity index is 666. The van der Waals surface area contributed by atoms with Gasteiger partial charge in [0.1, 0.15) is 0 Å². The number of hydrogen-bond donors (Lipinski definition) is 1. The molecule has 2 aromatic heterocycles. The van der Waals surface area contributed by atoms with Gasteiger partial charge in [0.15, 0.2) is 0 Å². The zero-order valence-electron chi connectivity index (χ0n) is 15.6. The maximum Gasteiger partial charge on any atom is 0.233 e. The molecule has 3 atom stereocenters. The first-order chi connectivity index (χ1) is 12.1. The highest BCUT2D eigenvalue weighted by Gasteiger charge is 2.31. The Morgan fingerprint density at radius 1 is 1.32 bits per heavy atom. The monoisotopic (exact) mass is 347 g/mol. The third kappa shape index (κ3) is 4.46. The molecule has 7 nitrogen and oxygen atoms in total. The van der Waals surface area contributed by atoms with E-state index < -0.39 is 0 Å². The van der Waals surface area contributed by atoms with Crippen LogP contribution in [0.25, 0.3) is 0 Å². The van der Waals surface area contributed by atoms with E-state index in [-0.39, 0.29) is 12.1 Å². The molecule has 0 amide bonds. The summed E-state index contributed by atoms with van der Waals surface area (Å²) in [6.07, 6.45) is 5.98. The first kappa shape index (κ1) is 18.1. The largest absolute Gasteiger partial charge is 0.424 e. The number of aryl methyl sites for hydroxylation is 1. The summed E-state index contributed by atoms with van der Waals surface area (Å²) in [5, 5.41) is 16.2. The maximum atomic E-state index is 5.95. The van der Waals surface area contributed by atoms with Crippen molar-refractivity contribution in [1.82, 2.24) is 25.3 Å². The molecule has 1 fully saturated rings. The summed E-state index contributed by atoms with van der Waals surface area (Å²) in [4.78, 5) is 0. The third-order valence-electron chi connectivity index (χ3n) is 4.64. The standard InChI is InChI=1S/C18H29N5O2/c1-5-23-11-15(10-20-23)17-14(6-7-24-17)9-19-13(4)18-22-21-16(25-18)8-12(2)3/h10-14,17,19H,5-9H2,1-4H3/t13-,14+,17-/m1/s1. The van der Waals surface area contributed by atoms with Crippen LogP contribution in [-0.4, -0.2) is 33.1 Å². The second-order valence-electron chi connectivity index (χ2n) is 7.23. The summed E-state index contributed by atoms with van der Waals surface area (Å²) in [5.74, 6) is 2.31. The zero-order chi connectivity index (χ0) is 17.8. The van der Waals surface area contributed by atoms with Crippen LogP contribution in [0.2, 0.25) is 0 Å². The van der Waals surface area contributed by atoms with Gasteiger partial charge < -0.3 is 14.5 Å². The van der Waals surface area contributed by atoms with E-state index in [0.29, 0.717) is 23.6 Å². The van der Waals surface area contributed by atoms with Crippen LogP contribution in [0.4, 0.5) is 0 Å². The van der Waals surface area contributed by atoms with Crippen LogP contribution >= 0.6 is 0 Å². The summed E-state index contributed by atoms with van der Waals surface area (Å²) in [6, 6.07) is 0.0352. The highest BCUT2D eigenvalue weighted by Crippen LogP contribution is 2.34. The molecular formula is C18H29N5O2. The van der Waals surface area contributed by atoms with E-state index in [1.807, 2.05) is 10.9 Å². The number of nitrogens with one attached hydrogen (secondary N) is 1. The van der Waals surface area contributed by atoms with E-state index in [4.69, 9.17) is 9.15 Å². The van der Waals surface area contributed by atoms with Crippen LogP contribution in [0, 0.1) is 11.8 Å². The van der Waals surface area contributed by atoms with Crippen molar-refractivity contribution >= 4 is 0 Å². The minimum atomic E-state index is 0.0352. The van der Waals surface area contributed by atoms with Gasteiger partial charge in [-0.05, 0) is 26.2 Å². The minimum Gasteiger partial charge on any atom is -0.424 e. The van der Waals surface area contributed by atoms with Crippen LogP contribution in [-0.2, 0) is 17.7 Å². The van der Waals surface area contributed by atoms with E-state index in [0.717, 1.165) is 38.1 Å². The molecule has 1 N–H and O–H groups in total. The Morgan fingerprint density at radius 3 is 2.88 bits per heavy atom. The second-order valence-corrected chi connectivity index (χ2v) is 7.23. The van der Waals surface area contributed by atoms with Gasteiger partial charge >= 0.3 is 0 Å². The van der Waals surface area contributed by atoms with Gasteiger partial charge in [-0.3, -0.25) is 4.68 Å². The van der Waals surface area contributed by atoms with E-state index in [2.05, 4.69) is 54.5 Å². The lowest BCUT2D eigenvalue weighted by Crippen LogP contribution is -2.27. The molecule has 0 saturated carbocycles. The van der Waals surface area contributed by atoms with E-state index in [9.17, 15) is 0 Å². The maximum absolute atomic E-state index is 5.95. The Kier molecular flexibility index (Phi) is 5.86. The van der Waals surface area contributed by atoms with Crippen molar-refractivity contribution in [2.24, 2.45) is 11.8 Å². The molecule has 0 spiro atoms. The number of rotatable bonds is 8. The third-order valence-corrected chi connectivity index (χ3v) is 4.64. The van der Waals surface area contributed by atoms with Crippen molar-refractivity contribution in [2.45, 2.75) is 59.2 Å². The molecule has 0 unspecified atom stereocenters. The van der Waals surface area contributed by atoms with Crippen LogP contribution in [0.3, 0.4) is 0 Å². The first-order valence-corrected chi connectivity index (χ1v) is 9.26. The second kappa shape index (κ2) is 8.10. The van der Waals surface area contributed by atoms with Crippen LogP contribution in [0.5, 0.6) is 0 Å². The van der Waals surface area contributed by atoms with Crippen molar-refractivity contribution < 1.29 is 9.15 Å². The smallest absolute Gasteiger partial charge is 0.233 e. The molecule has 3 heterocycles. The summed E-state index contributed by atoms with van der Waals surface area (Å²) < 4.78 is 13.7. The Balaban J connectivity index is 1.55. The molecule has 3 rings (SSSR count). The van der Waals surface area contributed by atoms with Gasteiger partial charge in [-0.1, -0.05) is 13.8 Å². The topological polar surface area (TPSA) is 78.0 Å². The van der Waals surface area contributed by atoms with E-state index >= 15 is 0 Å². The molecule has 138 valence electrons. The van der Waals surface area contributed by atoms with Gasteiger partial charge in [0.2, 0.25) is 11.8 Å². The quantitative estimate of drug-likeness (QED) is 0.791. The lowest BCUT2D eigenvalue weighted by Gasteiger charge is -2.19. The Morgan fingerprint density at radius 2 is 2.16 bits per heavy atom. The molecule has 0 aromatic carbocycles. The Hall–Kier alpha value is -1.73. The number of nitrogens with zero attached hydrogens (tertiary/aromatic N) is 4. The predicted octanol–water partition coefficient (Wildman–Crippen LogP) is 2.91. The van der Waals surface area contributed by atoms with Crippen molar-refractivity contribution in [3.63, 3.8) is 0 Å². The SMILES string of the molecule is CCn1cc([C@@H]2OCC[C@H]2CN[C@H](C)c2nnc(CC(C)C)o2)cn1. The predicted molar refractivity (Wildman–Crippen MR) is 94.0 cm³/mol. The molecular weight excluding hydrogens is 318 g/mol. The first-order valence-electron chi connectivity index (χ1n) is 9.26. The number of ether oxygens (including phenoxy) is 1. The number of hydrogen-bond acceptors (Lipinski definition) is 6. The molecule has 1 saturated heterocycles. The number of aromatic nitrogens is 4. The summed E-state index contributed by atoms with van der Waals surface area (Å²) in [7, 11) is 0. The van der Waals surface area contributed by atoms with Gasteiger partial charge in [0.05, 0.1) is 18.3 Å². The van der Waals surface area contributed by atoms with Gasteiger partial charge in [-0.2, -0.15) is 5.10 Å². The lowest BCUT2D eigenvalue weighted by molar-refractivity contribution is 0.0896. The average Bonchev–Trinajstić information content (AvgIpc) is 3.31. The fourth-order valence-electron chi connectivity index (χ4n) is 3.20. The van der Waals surface area contributed by atoms with Crippen LogP contribution < -0.4 is 5.32 Å². The van der Waals surface area contributed by atoms with Crippen LogP contribution in [0.15, 0.2) is 16.8 Å². The van der Waals surface area contributed by atoms with Gasteiger partial charge in [0.25, 0.3) is 0 Å². The van der Waals surface area contributed by atoms with E-state index in [1.165, 1.54) is 0 Å². The average molecular weight is 347 g/mol. The van der Waals surface area contributed by atoms with Crippen molar-refractivity contribution in [3.8, 4) is 0 Å². The summed E-state index contributed by atoms with van der Waals surface area (Å²) in [5.41, 5.74) is 1.16. The highest BCUT2D eigenvalue weighted by atomic mass is 16.5. The Labute approximate surface area is 149 Å². The lowest BCUT2D eigenvalue weighted by atomic mass is 9.97. The van der Waals surface area contributed by atoms with Crippen molar-refractivity contribution in [2.75, 3.05) is 13.2 Å². The van der Waals surface area contributed by atoms with Gasteiger partial charge in [0, 0.05) is 43.8 Å². The molecule has 1 aliphatic rings. The molecule has 1 aliphatic heterocycles. The fourth-order valence-corrected chi connectivity index (χ4v) is 3.20. The van der Waals surface area contributed by atoms with Crippen molar-refractivity contribution in [3.05, 3.63) is 29.7 Å². The van der Waals surface area contributed by atoms with E-state index in [1.54, 1.807) is 0 Å². The normalized spacial score (nSPS) is 22.0. The van der Waals surface area contributed by atoms with Crippen molar-refractivity contribution in [1.29, 1.82) is 0 Å². The molecule has 0 radical (unpaired) electrons.